The van der Waals surface area contributed by atoms with Gasteiger partial charge in [0, 0.05) is 28.6 Å². The molecule has 1 aliphatic rings. The number of rotatable bonds is 7. The number of benzene rings is 2. The molecule has 4 rings (SSSR count). The van der Waals surface area contributed by atoms with Gasteiger partial charge in [-0.15, -0.1) is 0 Å². The van der Waals surface area contributed by atoms with Crippen LogP contribution in [0.5, 0.6) is 0 Å². The molecule has 0 saturated carbocycles. The molecule has 37 heavy (non-hydrogen) atoms. The molecular weight excluding hydrogens is 488 g/mol. The minimum atomic E-state index is -0.563. The fourth-order valence-electron chi connectivity index (χ4n) is 6.02. The average Bonchev–Trinajstić information content (AvgIpc) is 3.29. The summed E-state index contributed by atoms with van der Waals surface area (Å²) < 4.78 is 32.5. The molecule has 1 aromatic heterocycles. The molecule has 0 aliphatic carbocycles. The molecule has 4 nitrogen and oxygen atoms in total. The Morgan fingerprint density at radius 3 is 2.30 bits per heavy atom. The Morgan fingerprint density at radius 2 is 1.76 bits per heavy atom. The number of anilines is 1. The summed E-state index contributed by atoms with van der Waals surface area (Å²) in [6.07, 6.45) is 6.23. The molecule has 2 heterocycles. The van der Waals surface area contributed by atoms with Crippen LogP contribution in [0.25, 0.3) is 28.1 Å². The number of hydrogen-bond donors (Lipinski definition) is 2. The minimum absolute atomic E-state index is 0.173. The van der Waals surface area contributed by atoms with Crippen LogP contribution in [-0.4, -0.2) is 27.2 Å². The fourth-order valence-corrected chi connectivity index (χ4v) is 6.21. The Kier molecular flexibility index (Phi) is 8.14. The third kappa shape index (κ3) is 4.72. The molecule has 1 saturated heterocycles. The highest BCUT2D eigenvalue weighted by Crippen LogP contribution is 2.44. The van der Waals surface area contributed by atoms with Crippen LogP contribution in [0.3, 0.4) is 0 Å². The first-order chi connectivity index (χ1) is 17.7. The number of aryl methyl sites for hydroxylation is 1. The van der Waals surface area contributed by atoms with Crippen LogP contribution >= 0.6 is 12.2 Å². The quantitative estimate of drug-likeness (QED) is 0.305. The molecule has 7 heteroatoms. The molecule has 0 spiro atoms. The van der Waals surface area contributed by atoms with E-state index in [1.165, 1.54) is 6.07 Å². The molecule has 1 fully saturated rings. The lowest BCUT2D eigenvalue weighted by Gasteiger charge is -2.32. The third-order valence-electron chi connectivity index (χ3n) is 7.73. The summed E-state index contributed by atoms with van der Waals surface area (Å²) >= 11 is 5.50. The Hall–Kier alpha value is -2.64. The van der Waals surface area contributed by atoms with Crippen LogP contribution in [0.1, 0.15) is 82.6 Å². The smallest absolute Gasteiger partial charge is 0.199 e. The SMILES string of the molecule is CCc1c(-c2c(F)ccc(C)c2C=C(C)C)c(F)c2[nH]c(=S)nc(N3C(CC)CCC3CC)c2c1CO. The number of aromatic nitrogens is 2. The van der Waals surface area contributed by atoms with Crippen LogP contribution in [0.15, 0.2) is 17.7 Å². The third-order valence-corrected chi connectivity index (χ3v) is 7.93. The highest BCUT2D eigenvalue weighted by molar-refractivity contribution is 7.71. The van der Waals surface area contributed by atoms with E-state index in [9.17, 15) is 5.11 Å². The Bertz CT molecular complexity index is 1410. The summed E-state index contributed by atoms with van der Waals surface area (Å²) in [4.78, 5) is 9.97. The average molecular weight is 526 g/mol. The number of nitrogens with one attached hydrogen (secondary N) is 1. The van der Waals surface area contributed by atoms with Crippen molar-refractivity contribution in [2.45, 2.75) is 92.3 Å². The largest absolute Gasteiger partial charge is 0.392 e. The van der Waals surface area contributed by atoms with Gasteiger partial charge in [0.1, 0.15) is 11.6 Å². The maximum absolute atomic E-state index is 16.8. The second-order valence-corrected chi connectivity index (χ2v) is 10.6. The Balaban J connectivity index is 2.19. The number of aromatic amines is 1. The first-order valence-corrected chi connectivity index (χ1v) is 13.7. The van der Waals surface area contributed by atoms with Gasteiger partial charge in [0.05, 0.1) is 12.1 Å². The summed E-state index contributed by atoms with van der Waals surface area (Å²) in [5.74, 6) is -0.445. The molecule has 0 radical (unpaired) electrons. The number of aliphatic hydroxyl groups is 1. The molecular formula is C30H37F2N3OS. The number of allylic oxidation sites excluding steroid dienone is 1. The van der Waals surface area contributed by atoms with Crippen molar-refractivity contribution in [3.63, 3.8) is 0 Å². The van der Waals surface area contributed by atoms with Gasteiger partial charge in [-0.3, -0.25) is 0 Å². The van der Waals surface area contributed by atoms with E-state index in [0.29, 0.717) is 34.3 Å². The van der Waals surface area contributed by atoms with Gasteiger partial charge < -0.3 is 15.0 Å². The summed E-state index contributed by atoms with van der Waals surface area (Å²) in [6.45, 7) is 11.7. The number of fused-ring (bicyclic) bond motifs is 1. The molecule has 3 aromatic rings. The Morgan fingerprint density at radius 1 is 1.11 bits per heavy atom. The van der Waals surface area contributed by atoms with Gasteiger partial charge in [-0.1, -0.05) is 38.5 Å². The van der Waals surface area contributed by atoms with E-state index in [0.717, 1.165) is 36.8 Å². The summed E-state index contributed by atoms with van der Waals surface area (Å²) in [5, 5.41) is 11.3. The van der Waals surface area contributed by atoms with Crippen molar-refractivity contribution < 1.29 is 13.9 Å². The predicted octanol–water partition coefficient (Wildman–Crippen LogP) is 8.18. The van der Waals surface area contributed by atoms with Crippen molar-refractivity contribution in [2.24, 2.45) is 0 Å². The van der Waals surface area contributed by atoms with Gasteiger partial charge in [-0.05, 0) is 93.4 Å². The van der Waals surface area contributed by atoms with Gasteiger partial charge >= 0.3 is 0 Å². The number of H-pyrrole nitrogens is 1. The Labute approximate surface area is 223 Å². The maximum atomic E-state index is 16.8. The zero-order chi connectivity index (χ0) is 27.0. The molecule has 0 bridgehead atoms. The van der Waals surface area contributed by atoms with Crippen LogP contribution in [0.4, 0.5) is 14.6 Å². The van der Waals surface area contributed by atoms with E-state index >= 15 is 8.78 Å². The van der Waals surface area contributed by atoms with Crippen LogP contribution in [0.2, 0.25) is 0 Å². The van der Waals surface area contributed by atoms with Crippen molar-refractivity contribution in [1.29, 1.82) is 0 Å². The summed E-state index contributed by atoms with van der Waals surface area (Å²) in [7, 11) is 0. The van der Waals surface area contributed by atoms with Gasteiger partial charge in [-0.2, -0.15) is 0 Å². The van der Waals surface area contributed by atoms with E-state index in [4.69, 9.17) is 17.2 Å². The summed E-state index contributed by atoms with van der Waals surface area (Å²) in [6, 6.07) is 3.62. The zero-order valence-corrected chi connectivity index (χ0v) is 23.5. The van der Waals surface area contributed by atoms with Gasteiger partial charge in [0.2, 0.25) is 0 Å². The number of nitrogens with zero attached hydrogens (tertiary/aromatic N) is 2. The van der Waals surface area contributed by atoms with Crippen LogP contribution < -0.4 is 4.90 Å². The number of halogens is 2. The monoisotopic (exact) mass is 525 g/mol. The first kappa shape index (κ1) is 27.4. The van der Waals surface area contributed by atoms with Crippen LogP contribution in [0, 0.1) is 23.3 Å². The molecule has 2 N–H and O–H groups in total. The van der Waals surface area contributed by atoms with E-state index in [-0.39, 0.29) is 40.1 Å². The van der Waals surface area contributed by atoms with E-state index < -0.39 is 11.6 Å². The van der Waals surface area contributed by atoms with Gasteiger partial charge in [0.15, 0.2) is 10.6 Å². The highest BCUT2D eigenvalue weighted by atomic mass is 32.1. The van der Waals surface area contributed by atoms with E-state index in [2.05, 4.69) is 23.7 Å². The van der Waals surface area contributed by atoms with Crippen molar-refractivity contribution in [3.8, 4) is 11.1 Å². The number of hydrogen-bond acceptors (Lipinski definition) is 4. The fraction of sp³-hybridized carbons (Fsp3) is 0.467. The molecule has 1 aliphatic heterocycles. The topological polar surface area (TPSA) is 52.2 Å². The lowest BCUT2D eigenvalue weighted by atomic mass is 9.86. The molecule has 198 valence electrons. The molecule has 0 amide bonds. The maximum Gasteiger partial charge on any atom is 0.199 e. The normalized spacial score (nSPS) is 17.6. The van der Waals surface area contributed by atoms with Crippen molar-refractivity contribution in [2.75, 3.05) is 4.90 Å². The second-order valence-electron chi connectivity index (χ2n) is 10.3. The van der Waals surface area contributed by atoms with Crippen LogP contribution in [-0.2, 0) is 13.0 Å². The molecule has 2 atom stereocenters. The molecule has 2 aromatic carbocycles. The highest BCUT2D eigenvalue weighted by Gasteiger charge is 2.35. The van der Waals surface area contributed by atoms with Crippen molar-refractivity contribution in [3.05, 3.63) is 56.4 Å². The zero-order valence-electron chi connectivity index (χ0n) is 22.6. The lowest BCUT2D eigenvalue weighted by molar-refractivity contribution is 0.282. The van der Waals surface area contributed by atoms with E-state index in [1.807, 2.05) is 33.8 Å². The lowest BCUT2D eigenvalue weighted by Crippen LogP contribution is -2.36. The van der Waals surface area contributed by atoms with Gasteiger partial charge in [-0.25, -0.2) is 13.8 Å². The number of aliphatic hydroxyl groups excluding tert-OH is 1. The van der Waals surface area contributed by atoms with Gasteiger partial charge in [0.25, 0.3) is 0 Å². The van der Waals surface area contributed by atoms with E-state index in [1.54, 1.807) is 6.07 Å². The predicted molar refractivity (Wildman–Crippen MR) is 152 cm³/mol. The van der Waals surface area contributed by atoms with Crippen molar-refractivity contribution in [1.82, 2.24) is 9.97 Å². The minimum Gasteiger partial charge on any atom is -0.392 e. The second kappa shape index (κ2) is 11.0. The molecule has 2 unspecified atom stereocenters. The standard InChI is InChI=1S/C30H37F2N3OS/c1-7-18-11-12-19(8-2)35(18)29-26-22(15-36)20(9-3)25(27(32)28(26)33-30(37)34-29)24-21(14-16(4)5)17(6)10-13-23(24)31/h10,13-14,18-19,36H,7-9,11-12,15H2,1-6H3,(H,33,34,37). The first-order valence-electron chi connectivity index (χ1n) is 13.3. The summed E-state index contributed by atoms with van der Waals surface area (Å²) in [5.41, 5.74) is 4.19. The van der Waals surface area contributed by atoms with Crippen molar-refractivity contribution >= 4 is 35.0 Å².